The fourth-order valence-corrected chi connectivity index (χ4v) is 4.36. The van der Waals surface area contributed by atoms with Crippen LogP contribution in [-0.4, -0.2) is 58.1 Å². The molecule has 1 aliphatic heterocycles. The first-order valence-corrected chi connectivity index (χ1v) is 10.3. The summed E-state index contributed by atoms with van der Waals surface area (Å²) < 4.78 is 23.2. The van der Waals surface area contributed by atoms with E-state index in [4.69, 9.17) is 0 Å². The summed E-state index contributed by atoms with van der Waals surface area (Å²) in [5.41, 5.74) is 1.15. The van der Waals surface area contributed by atoms with Crippen LogP contribution in [0, 0.1) is 0 Å². The number of hydrogen-bond donors (Lipinski definition) is 2. The Balaban J connectivity index is 1.95. The number of aliphatic imine (C=N–C) groups is 1. The van der Waals surface area contributed by atoms with E-state index >= 15 is 0 Å². The number of nitrogens with one attached hydrogen (secondary N) is 2. The van der Waals surface area contributed by atoms with Crippen molar-refractivity contribution in [1.29, 1.82) is 0 Å². The largest absolute Gasteiger partial charge is 0.370 e. The van der Waals surface area contributed by atoms with Crippen LogP contribution < -0.4 is 15.5 Å². The third-order valence-electron chi connectivity index (χ3n) is 4.26. The van der Waals surface area contributed by atoms with Crippen molar-refractivity contribution in [2.45, 2.75) is 32.4 Å². The van der Waals surface area contributed by atoms with Gasteiger partial charge in [0.2, 0.25) is 0 Å². The van der Waals surface area contributed by atoms with Crippen LogP contribution in [0.5, 0.6) is 0 Å². The lowest BCUT2D eigenvalue weighted by atomic mass is 10.2. The van der Waals surface area contributed by atoms with Gasteiger partial charge in [0.15, 0.2) is 15.8 Å². The molecule has 134 valence electrons. The predicted molar refractivity (Wildman–Crippen MR) is 100 cm³/mol. The van der Waals surface area contributed by atoms with E-state index in [2.05, 4.69) is 46.6 Å². The highest BCUT2D eigenvalue weighted by molar-refractivity contribution is 7.91. The maximum atomic E-state index is 11.6. The minimum atomic E-state index is -2.89. The second-order valence-electron chi connectivity index (χ2n) is 6.26. The van der Waals surface area contributed by atoms with Gasteiger partial charge in [-0.05, 0) is 32.4 Å². The average molecular weight is 353 g/mol. The number of anilines is 1. The van der Waals surface area contributed by atoms with E-state index in [1.54, 1.807) is 0 Å². The van der Waals surface area contributed by atoms with Crippen molar-refractivity contribution in [3.63, 3.8) is 0 Å². The van der Waals surface area contributed by atoms with Crippen LogP contribution in [0.25, 0.3) is 0 Å². The summed E-state index contributed by atoms with van der Waals surface area (Å²) in [5.74, 6) is 1.14. The molecule has 2 rings (SSSR count). The van der Waals surface area contributed by atoms with Crippen molar-refractivity contribution in [3.05, 3.63) is 30.3 Å². The minimum Gasteiger partial charge on any atom is -0.370 e. The predicted octanol–water partition coefficient (Wildman–Crippen LogP) is 1.25. The standard InChI is InChI=1S/C17H28N4O2S/c1-4-18-17(20-15-10-11-24(22,23)13-15)19-12-14(2)21(3)16-8-6-5-7-9-16/h5-9,14-15H,4,10-13H2,1-3H3,(H2,18,19,20). The third kappa shape index (κ3) is 5.40. The van der Waals surface area contributed by atoms with Gasteiger partial charge in [-0.3, -0.25) is 4.99 Å². The SMILES string of the molecule is CCNC(=NCC(C)N(C)c1ccccc1)NC1CCS(=O)(=O)C1. The zero-order valence-electron chi connectivity index (χ0n) is 14.7. The zero-order chi connectivity index (χ0) is 17.6. The van der Waals surface area contributed by atoms with E-state index in [9.17, 15) is 8.42 Å². The average Bonchev–Trinajstić information content (AvgIpc) is 2.91. The Hall–Kier alpha value is -1.76. The van der Waals surface area contributed by atoms with Gasteiger partial charge in [0, 0.05) is 31.4 Å². The van der Waals surface area contributed by atoms with Gasteiger partial charge in [-0.15, -0.1) is 0 Å². The highest BCUT2D eigenvalue weighted by atomic mass is 32.2. The lowest BCUT2D eigenvalue weighted by Gasteiger charge is -2.26. The Labute approximate surface area is 145 Å². The minimum absolute atomic E-state index is 0.0463. The molecule has 24 heavy (non-hydrogen) atoms. The van der Waals surface area contributed by atoms with Crippen LogP contribution in [0.2, 0.25) is 0 Å². The lowest BCUT2D eigenvalue weighted by Crippen LogP contribution is -2.44. The summed E-state index contributed by atoms with van der Waals surface area (Å²) in [6.45, 7) is 5.50. The van der Waals surface area contributed by atoms with Crippen LogP contribution in [0.4, 0.5) is 5.69 Å². The maximum Gasteiger partial charge on any atom is 0.191 e. The number of sulfone groups is 1. The van der Waals surface area contributed by atoms with Crippen molar-refractivity contribution in [2.75, 3.05) is 36.5 Å². The molecule has 1 heterocycles. The zero-order valence-corrected chi connectivity index (χ0v) is 15.5. The van der Waals surface area contributed by atoms with E-state index in [1.165, 1.54) is 0 Å². The molecule has 0 aromatic heterocycles. The summed E-state index contributed by atoms with van der Waals surface area (Å²) in [7, 11) is -0.835. The fourth-order valence-electron chi connectivity index (χ4n) is 2.69. The van der Waals surface area contributed by atoms with Crippen LogP contribution in [0.1, 0.15) is 20.3 Å². The van der Waals surface area contributed by atoms with E-state index in [1.807, 2.05) is 25.1 Å². The highest BCUT2D eigenvalue weighted by Gasteiger charge is 2.28. The van der Waals surface area contributed by atoms with Gasteiger partial charge in [-0.1, -0.05) is 18.2 Å². The molecule has 2 unspecified atom stereocenters. The number of rotatable bonds is 6. The van der Waals surface area contributed by atoms with Crippen molar-refractivity contribution >= 4 is 21.5 Å². The molecule has 0 amide bonds. The Morgan fingerprint density at radius 1 is 1.38 bits per heavy atom. The van der Waals surface area contributed by atoms with Crippen molar-refractivity contribution in [2.24, 2.45) is 4.99 Å². The van der Waals surface area contributed by atoms with Crippen molar-refractivity contribution < 1.29 is 8.42 Å². The van der Waals surface area contributed by atoms with E-state index in [0.717, 1.165) is 12.2 Å². The van der Waals surface area contributed by atoms with Crippen molar-refractivity contribution in [3.8, 4) is 0 Å². The molecule has 7 heteroatoms. The second-order valence-corrected chi connectivity index (χ2v) is 8.49. The van der Waals surface area contributed by atoms with Gasteiger partial charge in [0.25, 0.3) is 0 Å². The number of benzene rings is 1. The van der Waals surface area contributed by atoms with Gasteiger partial charge >= 0.3 is 0 Å². The molecule has 1 aromatic carbocycles. The van der Waals surface area contributed by atoms with Crippen LogP contribution in [-0.2, 0) is 9.84 Å². The van der Waals surface area contributed by atoms with E-state index < -0.39 is 9.84 Å². The Kier molecular flexibility index (Phi) is 6.48. The molecule has 0 bridgehead atoms. The number of nitrogens with zero attached hydrogens (tertiary/aromatic N) is 2. The smallest absolute Gasteiger partial charge is 0.191 e. The Bertz CT molecular complexity index is 646. The van der Waals surface area contributed by atoms with Crippen LogP contribution in [0.15, 0.2) is 35.3 Å². The maximum absolute atomic E-state index is 11.6. The van der Waals surface area contributed by atoms with Gasteiger partial charge in [-0.2, -0.15) is 0 Å². The second kappa shape index (κ2) is 8.37. The molecular formula is C17H28N4O2S. The summed E-state index contributed by atoms with van der Waals surface area (Å²) in [6.07, 6.45) is 0.645. The molecule has 6 nitrogen and oxygen atoms in total. The number of hydrogen-bond acceptors (Lipinski definition) is 4. The first-order chi connectivity index (χ1) is 11.4. The summed E-state index contributed by atoms with van der Waals surface area (Å²) >= 11 is 0. The van der Waals surface area contributed by atoms with Gasteiger partial charge in [0.05, 0.1) is 18.1 Å². The molecule has 2 N–H and O–H groups in total. The molecule has 0 saturated carbocycles. The summed E-state index contributed by atoms with van der Waals surface area (Å²) in [4.78, 5) is 6.82. The summed E-state index contributed by atoms with van der Waals surface area (Å²) in [5, 5.41) is 6.44. The van der Waals surface area contributed by atoms with Crippen LogP contribution >= 0.6 is 0 Å². The quantitative estimate of drug-likeness (QED) is 0.595. The molecule has 1 saturated heterocycles. The van der Waals surface area contributed by atoms with E-state index in [0.29, 0.717) is 18.9 Å². The molecule has 0 aliphatic carbocycles. The molecule has 1 aromatic rings. The van der Waals surface area contributed by atoms with Gasteiger partial charge in [0.1, 0.15) is 0 Å². The molecule has 2 atom stereocenters. The number of guanidine groups is 1. The molecule has 0 spiro atoms. The van der Waals surface area contributed by atoms with E-state index in [-0.39, 0.29) is 23.6 Å². The first kappa shape index (κ1) is 18.6. The first-order valence-electron chi connectivity index (χ1n) is 8.44. The lowest BCUT2D eigenvalue weighted by molar-refractivity contribution is 0.599. The monoisotopic (exact) mass is 352 g/mol. The molecule has 1 aliphatic rings. The molecular weight excluding hydrogens is 324 g/mol. The summed E-state index contributed by atoms with van der Waals surface area (Å²) in [6, 6.07) is 10.4. The highest BCUT2D eigenvalue weighted by Crippen LogP contribution is 2.14. The number of likely N-dealkylation sites (N-methyl/N-ethyl adjacent to an activating group) is 1. The topological polar surface area (TPSA) is 73.8 Å². The fraction of sp³-hybridized carbons (Fsp3) is 0.588. The molecule has 1 fully saturated rings. The van der Waals surface area contributed by atoms with Gasteiger partial charge < -0.3 is 15.5 Å². The molecule has 0 radical (unpaired) electrons. The third-order valence-corrected chi connectivity index (χ3v) is 6.02. The Morgan fingerprint density at radius 3 is 2.67 bits per heavy atom. The van der Waals surface area contributed by atoms with Crippen molar-refractivity contribution in [1.82, 2.24) is 10.6 Å². The normalized spacial score (nSPS) is 21.3. The van der Waals surface area contributed by atoms with Gasteiger partial charge in [-0.25, -0.2) is 8.42 Å². The number of para-hydroxylation sites is 1. The Morgan fingerprint density at radius 2 is 2.08 bits per heavy atom. The van der Waals surface area contributed by atoms with Crippen LogP contribution in [0.3, 0.4) is 0 Å².